The summed E-state index contributed by atoms with van der Waals surface area (Å²) in [6.07, 6.45) is 9.63. The molecule has 4 aromatic rings. The van der Waals surface area contributed by atoms with Crippen molar-refractivity contribution < 1.29 is 42.6 Å². The fourth-order valence-electron chi connectivity index (χ4n) is 10.4. The number of aromatic nitrogens is 3. The van der Waals surface area contributed by atoms with Gasteiger partial charge in [0, 0.05) is 62.9 Å². The summed E-state index contributed by atoms with van der Waals surface area (Å²) >= 11 is 0. The molecule has 1 atom stereocenters. The van der Waals surface area contributed by atoms with Crippen molar-refractivity contribution in [3.8, 4) is 5.75 Å². The number of amides is 5. The Morgan fingerprint density at radius 2 is 1.70 bits per heavy atom. The highest BCUT2D eigenvalue weighted by Gasteiger charge is 2.52. The van der Waals surface area contributed by atoms with Gasteiger partial charge in [0.15, 0.2) is 0 Å². The second kappa shape index (κ2) is 16.6. The number of nitrogens with one attached hydrogen (secondary N) is 3. The number of likely N-dealkylation sites (tertiary alicyclic amines) is 1. The number of alkyl halides is 2. The van der Waals surface area contributed by atoms with Gasteiger partial charge >= 0.3 is 0 Å². The van der Waals surface area contributed by atoms with Crippen molar-refractivity contribution in [1.29, 1.82) is 0 Å². The lowest BCUT2D eigenvalue weighted by atomic mass is 9.57. The molecule has 17 heteroatoms. The maximum absolute atomic E-state index is 14.0. The van der Waals surface area contributed by atoms with E-state index in [1.807, 2.05) is 10.9 Å². The molecule has 15 nitrogen and oxygen atoms in total. The number of halogens is 2. The first-order valence-corrected chi connectivity index (χ1v) is 22.3. The van der Waals surface area contributed by atoms with Crippen LogP contribution in [0.1, 0.15) is 121 Å². The number of aliphatic hydroxyl groups is 1. The van der Waals surface area contributed by atoms with Gasteiger partial charge in [-0.3, -0.25) is 38.9 Å². The fourth-order valence-corrected chi connectivity index (χ4v) is 10.4. The fraction of sp³-hybridized carbons (Fsp3) is 0.511. The van der Waals surface area contributed by atoms with Crippen LogP contribution >= 0.6 is 0 Å². The largest absolute Gasteiger partial charge is 0.488 e. The number of imide groups is 2. The molecular weight excluding hydrogens is 827 g/mol. The second-order valence-corrected chi connectivity index (χ2v) is 19.4. The van der Waals surface area contributed by atoms with Crippen LogP contribution in [-0.2, 0) is 15.5 Å². The van der Waals surface area contributed by atoms with E-state index in [1.54, 1.807) is 44.2 Å². The number of anilines is 2. The van der Waals surface area contributed by atoms with E-state index in [0.717, 1.165) is 68.9 Å². The van der Waals surface area contributed by atoms with Crippen molar-refractivity contribution in [2.75, 3.05) is 43.4 Å². The molecule has 2 saturated carbocycles. The summed E-state index contributed by atoms with van der Waals surface area (Å²) in [6.45, 7) is 7.88. The summed E-state index contributed by atoms with van der Waals surface area (Å²) in [4.78, 5) is 71.5. The minimum absolute atomic E-state index is 0.0551. The molecule has 64 heavy (non-hydrogen) atoms. The third kappa shape index (κ3) is 8.83. The van der Waals surface area contributed by atoms with E-state index in [1.165, 1.54) is 31.0 Å². The number of rotatable bonds is 14. The predicted molar refractivity (Wildman–Crippen MR) is 232 cm³/mol. The van der Waals surface area contributed by atoms with Crippen LogP contribution in [-0.4, -0.2) is 104 Å². The Balaban J connectivity index is 0.740. The smallest absolute Gasteiger partial charge is 0.287 e. The Morgan fingerprint density at radius 1 is 0.953 bits per heavy atom. The lowest BCUT2D eigenvalue weighted by molar-refractivity contribution is -0.136. The summed E-state index contributed by atoms with van der Waals surface area (Å²) in [5.74, 6) is -4.42. The van der Waals surface area contributed by atoms with Crippen molar-refractivity contribution in [1.82, 2.24) is 29.9 Å². The number of hydrogen-bond donors (Lipinski definition) is 4. The molecule has 1 unspecified atom stereocenters. The molecule has 2 saturated heterocycles. The number of fused-ring (bicyclic) bond motifs is 2. The minimum Gasteiger partial charge on any atom is -0.488 e. The lowest BCUT2D eigenvalue weighted by Gasteiger charge is -2.60. The van der Waals surface area contributed by atoms with E-state index in [2.05, 4.69) is 25.8 Å². The van der Waals surface area contributed by atoms with Crippen LogP contribution in [0.5, 0.6) is 5.75 Å². The number of hydrogen-bond acceptors (Lipinski definition) is 11. The van der Waals surface area contributed by atoms with Gasteiger partial charge in [-0.1, -0.05) is 12.1 Å². The molecule has 338 valence electrons. The first kappa shape index (κ1) is 43.4. The lowest BCUT2D eigenvalue weighted by Crippen LogP contribution is -2.63. The van der Waals surface area contributed by atoms with Crippen molar-refractivity contribution in [3.63, 3.8) is 0 Å². The van der Waals surface area contributed by atoms with Crippen molar-refractivity contribution >= 4 is 51.8 Å². The molecule has 1 spiro atoms. The van der Waals surface area contributed by atoms with E-state index in [9.17, 15) is 37.9 Å². The molecule has 5 aliphatic rings. The van der Waals surface area contributed by atoms with Crippen LogP contribution in [0.15, 0.2) is 54.7 Å². The van der Waals surface area contributed by atoms with Crippen LogP contribution in [0.3, 0.4) is 0 Å². The van der Waals surface area contributed by atoms with Gasteiger partial charge in [-0.15, -0.1) is 0 Å². The van der Waals surface area contributed by atoms with Gasteiger partial charge in [-0.2, -0.15) is 13.9 Å². The zero-order chi connectivity index (χ0) is 45.1. The molecule has 0 radical (unpaired) electrons. The molecule has 3 aliphatic heterocycles. The van der Waals surface area contributed by atoms with Crippen LogP contribution < -0.4 is 20.7 Å². The van der Waals surface area contributed by atoms with Crippen LogP contribution in [0, 0.1) is 17.3 Å². The number of benzene rings is 2. The van der Waals surface area contributed by atoms with Crippen molar-refractivity contribution in [3.05, 3.63) is 77.2 Å². The standard InChI is InChI=1S/C47H54F2N8O7/c1-45(2,63)26-64-37-19-34-29(18-35(37)52-41(59)33-8-5-9-38(51-33)46(3,48)49)23-56(54-34)30-12-10-27(11-13-30)22-55-24-47(25-55)20-28(21-47)16-17-50-32-7-4-6-31-40(32)44(62)57(43(31)61)36-14-15-39(58)53-42(36)60/h4-9,18-19,23,27-28,30,36,50,63H,10-17,20-22,24-26H2,1-3H3,(H,52,59)(H,53,58,60). The number of pyridine rings is 1. The van der Waals surface area contributed by atoms with E-state index in [-0.39, 0.29) is 42.3 Å². The zero-order valence-corrected chi connectivity index (χ0v) is 36.3. The Bertz CT molecular complexity index is 2510. The molecule has 2 aromatic heterocycles. The molecule has 4 fully saturated rings. The van der Waals surface area contributed by atoms with Crippen LogP contribution in [0.2, 0.25) is 0 Å². The summed E-state index contributed by atoms with van der Waals surface area (Å²) in [5.41, 5.74) is 0.706. The summed E-state index contributed by atoms with van der Waals surface area (Å²) in [5, 5.41) is 24.5. The summed E-state index contributed by atoms with van der Waals surface area (Å²) < 4.78 is 35.9. The van der Waals surface area contributed by atoms with Gasteiger partial charge in [-0.25, -0.2) is 4.98 Å². The molecular formula is C47H54F2N8O7. The van der Waals surface area contributed by atoms with Gasteiger partial charge in [0.1, 0.15) is 29.8 Å². The highest BCUT2D eigenvalue weighted by molar-refractivity contribution is 6.25. The molecule has 5 heterocycles. The molecule has 2 aromatic carbocycles. The highest BCUT2D eigenvalue weighted by Crippen LogP contribution is 2.53. The Kier molecular flexibility index (Phi) is 11.3. The quantitative estimate of drug-likeness (QED) is 0.104. The number of carbonyl (C=O) groups is 5. The summed E-state index contributed by atoms with van der Waals surface area (Å²) in [6, 6.07) is 11.8. The van der Waals surface area contributed by atoms with Crippen LogP contribution in [0.25, 0.3) is 10.9 Å². The first-order chi connectivity index (χ1) is 30.4. The molecule has 0 bridgehead atoms. The molecule has 9 rings (SSSR count). The Morgan fingerprint density at radius 3 is 2.42 bits per heavy atom. The van der Waals surface area contributed by atoms with E-state index in [4.69, 9.17) is 9.84 Å². The maximum Gasteiger partial charge on any atom is 0.287 e. The predicted octanol–water partition coefficient (Wildman–Crippen LogP) is 6.29. The maximum atomic E-state index is 14.0. The average Bonchev–Trinajstić information content (AvgIpc) is 3.75. The van der Waals surface area contributed by atoms with Gasteiger partial charge in [0.05, 0.1) is 34.0 Å². The number of ether oxygens (including phenoxy) is 1. The Labute approximate surface area is 369 Å². The molecule has 2 aliphatic carbocycles. The Hall–Kier alpha value is -5.81. The molecule has 5 amide bonds. The summed E-state index contributed by atoms with van der Waals surface area (Å²) in [7, 11) is 0. The van der Waals surface area contributed by atoms with E-state index >= 15 is 0 Å². The van der Waals surface area contributed by atoms with Gasteiger partial charge < -0.3 is 25.4 Å². The topological polar surface area (TPSA) is 188 Å². The van der Waals surface area contributed by atoms with Gasteiger partial charge in [-0.05, 0) is 113 Å². The van der Waals surface area contributed by atoms with Gasteiger partial charge in [0.2, 0.25) is 11.8 Å². The SMILES string of the molecule is CC(C)(O)COc1cc2nn(C3CCC(CN4CC5(CC(CCNc6cccc7c6C(=O)N(C6CCC(=O)NC6=O)C7=O)C5)C4)CC3)cc2cc1NC(=O)c1cccc(C(C)(F)F)n1. The first-order valence-electron chi connectivity index (χ1n) is 22.3. The second-order valence-electron chi connectivity index (χ2n) is 19.4. The third-order valence-electron chi connectivity index (χ3n) is 13.5. The zero-order valence-electron chi connectivity index (χ0n) is 36.3. The number of piperidine rings is 1. The van der Waals surface area contributed by atoms with E-state index < -0.39 is 52.8 Å². The van der Waals surface area contributed by atoms with Crippen LogP contribution in [0.4, 0.5) is 20.2 Å². The molecule has 4 N–H and O–H groups in total. The van der Waals surface area contributed by atoms with Gasteiger partial charge in [0.25, 0.3) is 23.6 Å². The van der Waals surface area contributed by atoms with E-state index in [0.29, 0.717) is 46.4 Å². The number of carbonyl (C=O) groups excluding carboxylic acids is 5. The average molecular weight is 881 g/mol. The van der Waals surface area contributed by atoms with Crippen molar-refractivity contribution in [2.45, 2.75) is 102 Å². The van der Waals surface area contributed by atoms with Crippen molar-refractivity contribution in [2.24, 2.45) is 17.3 Å². The number of nitrogens with zero attached hydrogens (tertiary/aromatic N) is 5. The normalized spacial score (nSPS) is 22.6. The third-order valence-corrected chi connectivity index (χ3v) is 13.5. The highest BCUT2D eigenvalue weighted by atomic mass is 19.3. The minimum atomic E-state index is -3.21. The monoisotopic (exact) mass is 880 g/mol.